The molecule has 1 amide bonds. The van der Waals surface area contributed by atoms with Gasteiger partial charge in [-0.15, -0.1) is 0 Å². The maximum absolute atomic E-state index is 12.2. The van der Waals surface area contributed by atoms with Gasteiger partial charge in [0.2, 0.25) is 5.91 Å². The zero-order valence-electron chi connectivity index (χ0n) is 13.5. The number of hydrogen-bond donors (Lipinski definition) is 2. The van der Waals surface area contributed by atoms with Crippen molar-refractivity contribution in [3.8, 4) is 0 Å². The lowest BCUT2D eigenvalue weighted by Crippen LogP contribution is -2.41. The predicted molar refractivity (Wildman–Crippen MR) is 86.2 cm³/mol. The van der Waals surface area contributed by atoms with Crippen LogP contribution in [0.4, 0.5) is 0 Å². The number of rotatable bonds is 5. The van der Waals surface area contributed by atoms with Crippen molar-refractivity contribution in [3.05, 3.63) is 35.9 Å². The summed E-state index contributed by atoms with van der Waals surface area (Å²) in [5, 5.41) is 20.3. The molecular weight excluding hydrogens is 278 g/mol. The van der Waals surface area contributed by atoms with Crippen LogP contribution >= 0.6 is 0 Å². The largest absolute Gasteiger partial charge is 0.392 e. The second kappa shape index (κ2) is 7.75. The molecule has 4 heteroatoms. The van der Waals surface area contributed by atoms with E-state index in [-0.39, 0.29) is 24.2 Å². The molecule has 0 spiro atoms. The Morgan fingerprint density at radius 2 is 1.77 bits per heavy atom. The fourth-order valence-electron chi connectivity index (χ4n) is 2.93. The summed E-state index contributed by atoms with van der Waals surface area (Å²) in [7, 11) is 0. The van der Waals surface area contributed by atoms with E-state index in [0.29, 0.717) is 13.1 Å². The first kappa shape index (κ1) is 17.0. The molecule has 122 valence electrons. The van der Waals surface area contributed by atoms with E-state index in [0.717, 1.165) is 18.4 Å². The monoisotopic (exact) mass is 305 g/mol. The van der Waals surface area contributed by atoms with Gasteiger partial charge in [-0.3, -0.25) is 4.79 Å². The molecule has 22 heavy (non-hydrogen) atoms. The van der Waals surface area contributed by atoms with Crippen LogP contribution in [0.2, 0.25) is 0 Å². The molecule has 1 aliphatic rings. The Morgan fingerprint density at radius 1 is 1.18 bits per heavy atom. The third kappa shape index (κ3) is 4.31. The molecule has 0 saturated carbocycles. The first-order valence-corrected chi connectivity index (χ1v) is 8.18. The van der Waals surface area contributed by atoms with Crippen molar-refractivity contribution >= 4 is 5.91 Å². The van der Waals surface area contributed by atoms with E-state index in [1.54, 1.807) is 0 Å². The fraction of sp³-hybridized carbons (Fsp3) is 0.611. The summed E-state index contributed by atoms with van der Waals surface area (Å²) in [5.41, 5.74) is 0.947. The van der Waals surface area contributed by atoms with E-state index in [9.17, 15) is 15.0 Å². The van der Waals surface area contributed by atoms with Crippen molar-refractivity contribution < 1.29 is 15.0 Å². The van der Waals surface area contributed by atoms with Gasteiger partial charge in [0, 0.05) is 13.1 Å². The molecule has 0 bridgehead atoms. The molecule has 0 aliphatic carbocycles. The first-order chi connectivity index (χ1) is 10.5. The standard InChI is InChI=1S/C18H27NO3/c1-13(2)16(20)12-17(21)19-10-8-15(9-11-19)18(22)14-6-4-3-5-7-14/h3-7,13,15-16,18,20,22H,8-12H2,1-2H3. The maximum atomic E-state index is 12.2. The molecule has 1 aromatic rings. The number of benzene rings is 1. The van der Waals surface area contributed by atoms with E-state index in [2.05, 4.69) is 0 Å². The smallest absolute Gasteiger partial charge is 0.225 e. The Hall–Kier alpha value is -1.39. The van der Waals surface area contributed by atoms with Gasteiger partial charge in [-0.2, -0.15) is 0 Å². The Balaban J connectivity index is 1.84. The number of hydrogen-bond acceptors (Lipinski definition) is 3. The Labute approximate surface area is 132 Å². The average Bonchev–Trinajstić information content (AvgIpc) is 2.55. The molecule has 1 fully saturated rings. The molecule has 1 heterocycles. The van der Waals surface area contributed by atoms with Gasteiger partial charge in [-0.25, -0.2) is 0 Å². The minimum Gasteiger partial charge on any atom is -0.392 e. The summed E-state index contributed by atoms with van der Waals surface area (Å²) in [4.78, 5) is 14.0. The third-order valence-electron chi connectivity index (χ3n) is 4.63. The Bertz CT molecular complexity index is 466. The highest BCUT2D eigenvalue weighted by Gasteiger charge is 2.29. The van der Waals surface area contributed by atoms with Gasteiger partial charge in [0.1, 0.15) is 0 Å². The van der Waals surface area contributed by atoms with Crippen LogP contribution in [-0.4, -0.2) is 40.2 Å². The first-order valence-electron chi connectivity index (χ1n) is 8.18. The molecule has 1 saturated heterocycles. The minimum absolute atomic E-state index is 0.0221. The van der Waals surface area contributed by atoms with E-state index < -0.39 is 12.2 Å². The van der Waals surface area contributed by atoms with Crippen molar-refractivity contribution in [1.82, 2.24) is 4.90 Å². The predicted octanol–water partition coefficient (Wildman–Crippen LogP) is 2.37. The van der Waals surface area contributed by atoms with Crippen LogP contribution in [0.1, 0.15) is 44.8 Å². The molecular formula is C18H27NO3. The fourth-order valence-corrected chi connectivity index (χ4v) is 2.93. The van der Waals surface area contributed by atoms with Gasteiger partial charge in [0.25, 0.3) is 0 Å². The average molecular weight is 305 g/mol. The topological polar surface area (TPSA) is 60.8 Å². The number of likely N-dealkylation sites (tertiary alicyclic amines) is 1. The summed E-state index contributed by atoms with van der Waals surface area (Å²) >= 11 is 0. The van der Waals surface area contributed by atoms with E-state index in [1.165, 1.54) is 0 Å². The maximum Gasteiger partial charge on any atom is 0.225 e. The van der Waals surface area contributed by atoms with Crippen molar-refractivity contribution in [2.75, 3.05) is 13.1 Å². The van der Waals surface area contributed by atoms with Gasteiger partial charge in [0.15, 0.2) is 0 Å². The summed E-state index contributed by atoms with van der Waals surface area (Å²) in [5.74, 6) is 0.316. The highest BCUT2D eigenvalue weighted by atomic mass is 16.3. The highest BCUT2D eigenvalue weighted by Crippen LogP contribution is 2.30. The number of aliphatic hydroxyl groups is 2. The van der Waals surface area contributed by atoms with Gasteiger partial charge in [0.05, 0.1) is 18.6 Å². The molecule has 0 aromatic heterocycles. The number of carbonyl (C=O) groups is 1. The summed E-state index contributed by atoms with van der Waals surface area (Å²) < 4.78 is 0. The van der Waals surface area contributed by atoms with Crippen LogP contribution in [0.15, 0.2) is 30.3 Å². The molecule has 2 N–H and O–H groups in total. The lowest BCUT2D eigenvalue weighted by Gasteiger charge is -2.35. The summed E-state index contributed by atoms with van der Waals surface area (Å²) in [6.07, 6.45) is 0.780. The van der Waals surface area contributed by atoms with E-state index in [4.69, 9.17) is 0 Å². The molecule has 2 unspecified atom stereocenters. The van der Waals surface area contributed by atoms with Gasteiger partial charge in [-0.1, -0.05) is 44.2 Å². The molecule has 2 rings (SSSR count). The third-order valence-corrected chi connectivity index (χ3v) is 4.63. The molecule has 1 aliphatic heterocycles. The van der Waals surface area contributed by atoms with Gasteiger partial charge >= 0.3 is 0 Å². The minimum atomic E-state index is -0.569. The number of amides is 1. The Morgan fingerprint density at radius 3 is 2.32 bits per heavy atom. The molecule has 1 aromatic carbocycles. The number of aliphatic hydroxyl groups excluding tert-OH is 2. The van der Waals surface area contributed by atoms with Crippen LogP contribution in [0, 0.1) is 11.8 Å². The quantitative estimate of drug-likeness (QED) is 0.878. The van der Waals surface area contributed by atoms with E-state index in [1.807, 2.05) is 49.1 Å². The van der Waals surface area contributed by atoms with Crippen LogP contribution in [-0.2, 0) is 4.79 Å². The van der Waals surface area contributed by atoms with Gasteiger partial charge < -0.3 is 15.1 Å². The number of nitrogens with zero attached hydrogens (tertiary/aromatic N) is 1. The second-order valence-corrected chi connectivity index (χ2v) is 6.59. The van der Waals surface area contributed by atoms with E-state index >= 15 is 0 Å². The van der Waals surface area contributed by atoms with Crippen molar-refractivity contribution in [2.24, 2.45) is 11.8 Å². The summed E-state index contributed by atoms with van der Waals surface area (Å²) in [6.45, 7) is 5.16. The lowest BCUT2D eigenvalue weighted by atomic mass is 9.87. The van der Waals surface area contributed by atoms with Crippen molar-refractivity contribution in [3.63, 3.8) is 0 Å². The van der Waals surface area contributed by atoms with Crippen LogP contribution < -0.4 is 0 Å². The van der Waals surface area contributed by atoms with Crippen molar-refractivity contribution in [1.29, 1.82) is 0 Å². The normalized spacial score (nSPS) is 19.2. The summed E-state index contributed by atoms with van der Waals surface area (Å²) in [6, 6.07) is 9.70. The van der Waals surface area contributed by atoms with Gasteiger partial charge in [-0.05, 0) is 30.2 Å². The molecule has 0 radical (unpaired) electrons. The highest BCUT2D eigenvalue weighted by molar-refractivity contribution is 5.76. The Kier molecular flexibility index (Phi) is 5.98. The zero-order chi connectivity index (χ0) is 16.1. The lowest BCUT2D eigenvalue weighted by molar-refractivity contribution is -0.135. The zero-order valence-corrected chi connectivity index (χ0v) is 13.5. The van der Waals surface area contributed by atoms with Crippen LogP contribution in [0.5, 0.6) is 0 Å². The molecule has 2 atom stereocenters. The van der Waals surface area contributed by atoms with Crippen molar-refractivity contribution in [2.45, 2.75) is 45.3 Å². The number of carbonyl (C=O) groups excluding carboxylic acids is 1. The van der Waals surface area contributed by atoms with Crippen LogP contribution in [0.25, 0.3) is 0 Å². The van der Waals surface area contributed by atoms with Crippen LogP contribution in [0.3, 0.4) is 0 Å². The second-order valence-electron chi connectivity index (χ2n) is 6.59. The number of piperidine rings is 1. The molecule has 4 nitrogen and oxygen atoms in total. The SMILES string of the molecule is CC(C)C(O)CC(=O)N1CCC(C(O)c2ccccc2)CC1.